The van der Waals surface area contributed by atoms with Crippen molar-refractivity contribution in [2.75, 3.05) is 0 Å². The summed E-state index contributed by atoms with van der Waals surface area (Å²) in [6, 6.07) is 6.57. The van der Waals surface area contributed by atoms with Crippen LogP contribution in [0.4, 0.5) is 4.39 Å². The number of rotatable bonds is 6. The quantitative estimate of drug-likeness (QED) is 0.771. The molecule has 2 heterocycles. The van der Waals surface area contributed by atoms with Gasteiger partial charge in [0.25, 0.3) is 0 Å². The lowest BCUT2D eigenvalue weighted by Crippen LogP contribution is -2.51. The molecule has 7 atom stereocenters. The highest BCUT2D eigenvalue weighted by Gasteiger charge is 2.67. The first kappa shape index (κ1) is 19.3. The molecule has 1 aliphatic heterocycles. The summed E-state index contributed by atoms with van der Waals surface area (Å²) in [5.41, 5.74) is 2.01. The lowest BCUT2D eigenvalue weighted by molar-refractivity contribution is -0.124. The van der Waals surface area contributed by atoms with E-state index in [1.54, 1.807) is 16.9 Å². The molecule has 0 unspecified atom stereocenters. The van der Waals surface area contributed by atoms with E-state index in [1.807, 2.05) is 19.2 Å². The maximum atomic E-state index is 14.7. The Morgan fingerprint density at radius 1 is 1.43 bits per heavy atom. The van der Waals surface area contributed by atoms with Crippen LogP contribution >= 0.6 is 0 Å². The van der Waals surface area contributed by atoms with Crippen molar-refractivity contribution in [3.05, 3.63) is 42.0 Å². The normalized spacial score (nSPS) is 31.8. The number of fused-ring (bicyclic) bond motifs is 5. The van der Waals surface area contributed by atoms with E-state index in [-0.39, 0.29) is 24.2 Å². The fourth-order valence-corrected chi connectivity index (χ4v) is 5.79. The van der Waals surface area contributed by atoms with Crippen LogP contribution < -0.4 is 10.6 Å². The topological polar surface area (TPSA) is 82.7 Å². The number of halogens is 1. The van der Waals surface area contributed by atoms with E-state index in [9.17, 15) is 14.4 Å². The van der Waals surface area contributed by atoms with Gasteiger partial charge in [-0.05, 0) is 54.2 Å². The first-order chi connectivity index (χ1) is 14.5. The minimum Gasteiger partial charge on any atom is -0.339 e. The Balaban J connectivity index is 1.24. The third-order valence-corrected chi connectivity index (χ3v) is 7.35. The molecule has 30 heavy (non-hydrogen) atoms. The van der Waals surface area contributed by atoms with Crippen molar-refractivity contribution in [1.82, 2.24) is 20.4 Å². The summed E-state index contributed by atoms with van der Waals surface area (Å²) in [4.78, 5) is 12.8. The van der Waals surface area contributed by atoms with Crippen LogP contribution in [-0.2, 0) is 17.8 Å². The Morgan fingerprint density at radius 2 is 2.27 bits per heavy atom. The Kier molecular flexibility index (Phi) is 4.62. The van der Waals surface area contributed by atoms with Gasteiger partial charge in [0.1, 0.15) is 11.9 Å². The van der Waals surface area contributed by atoms with Gasteiger partial charge in [0.2, 0.25) is 5.91 Å². The van der Waals surface area contributed by atoms with Crippen molar-refractivity contribution < 1.29 is 9.18 Å². The molecule has 7 heteroatoms. The number of benzene rings is 1. The van der Waals surface area contributed by atoms with Crippen LogP contribution in [-0.4, -0.2) is 33.8 Å². The van der Waals surface area contributed by atoms with Gasteiger partial charge in [0, 0.05) is 30.8 Å². The number of hydrogen-bond acceptors (Lipinski definition) is 4. The molecule has 0 spiro atoms. The number of piperidine rings is 1. The molecule has 3 fully saturated rings. The lowest BCUT2D eigenvalue weighted by atomic mass is 9.94. The van der Waals surface area contributed by atoms with Gasteiger partial charge in [-0.1, -0.05) is 19.1 Å². The highest BCUT2D eigenvalue weighted by Crippen LogP contribution is 2.64. The maximum absolute atomic E-state index is 14.7. The van der Waals surface area contributed by atoms with Crippen LogP contribution in [0, 0.1) is 40.8 Å². The van der Waals surface area contributed by atoms with Gasteiger partial charge in [-0.15, -0.1) is 0 Å². The standard InChI is InChI=1S/C23H26FN5O/c1-3-29-11-15(10-26-29)13-4-5-14(18(24)7-13)6-16(9-25)27-23(30)22-17-8-19(28-22)21-12(2)20(17)21/h4-5,7,10-12,16-17,19-22,28H,3,6,8H2,1-2H3,(H,27,30)/t12-,16-,17+,19-,20-,21+,22-/m0/s1. The number of aromatic nitrogens is 2. The van der Waals surface area contributed by atoms with Gasteiger partial charge in [0.05, 0.1) is 18.3 Å². The third kappa shape index (κ3) is 3.10. The van der Waals surface area contributed by atoms with E-state index in [1.165, 1.54) is 6.07 Å². The molecule has 1 amide bonds. The van der Waals surface area contributed by atoms with Crippen molar-refractivity contribution in [1.29, 1.82) is 5.26 Å². The Labute approximate surface area is 175 Å². The van der Waals surface area contributed by atoms with E-state index in [2.05, 4.69) is 28.7 Å². The number of carbonyl (C=O) groups excluding carboxylic acids is 1. The molecule has 3 aliphatic rings. The van der Waals surface area contributed by atoms with E-state index in [0.717, 1.165) is 30.0 Å². The SMILES string of the molecule is CCn1cc(-c2ccc(C[C@@H](C#N)NC(=O)[C@H]3N[C@H]4C[C@@H]3[C@@H]3[C@H](C)[C@@H]34)c(F)c2)cn1. The van der Waals surface area contributed by atoms with E-state index in [0.29, 0.717) is 29.4 Å². The second-order valence-electron chi connectivity index (χ2n) is 8.95. The molecule has 2 aliphatic carbocycles. The zero-order valence-electron chi connectivity index (χ0n) is 17.2. The molecule has 2 aromatic rings. The average molecular weight is 407 g/mol. The van der Waals surface area contributed by atoms with Crippen LogP contribution in [0.1, 0.15) is 25.8 Å². The van der Waals surface area contributed by atoms with E-state index >= 15 is 0 Å². The maximum Gasteiger partial charge on any atom is 0.238 e. The van der Waals surface area contributed by atoms with Crippen molar-refractivity contribution in [3.8, 4) is 17.2 Å². The summed E-state index contributed by atoms with van der Waals surface area (Å²) in [5.74, 6) is 1.93. The largest absolute Gasteiger partial charge is 0.339 e. The molecule has 0 radical (unpaired) electrons. The van der Waals surface area contributed by atoms with Gasteiger partial charge < -0.3 is 10.6 Å². The fraction of sp³-hybridized carbons (Fsp3) is 0.522. The van der Waals surface area contributed by atoms with Crippen molar-refractivity contribution in [3.63, 3.8) is 0 Å². The van der Waals surface area contributed by atoms with Crippen LogP contribution in [0.2, 0.25) is 0 Å². The molecule has 6 nitrogen and oxygen atoms in total. The molecular formula is C23H26FN5O. The third-order valence-electron chi connectivity index (χ3n) is 7.35. The van der Waals surface area contributed by atoms with Gasteiger partial charge >= 0.3 is 0 Å². The van der Waals surface area contributed by atoms with Crippen LogP contribution in [0.5, 0.6) is 0 Å². The summed E-state index contributed by atoms with van der Waals surface area (Å²) in [6.45, 7) is 5.00. The summed E-state index contributed by atoms with van der Waals surface area (Å²) in [5, 5.41) is 20.1. The smallest absolute Gasteiger partial charge is 0.238 e. The number of nitrogens with zero attached hydrogens (tertiary/aromatic N) is 3. The Hall–Kier alpha value is -2.72. The number of nitriles is 1. The molecule has 2 bridgehead atoms. The summed E-state index contributed by atoms with van der Waals surface area (Å²) in [6.07, 6.45) is 4.79. The molecular weight excluding hydrogens is 381 g/mol. The van der Waals surface area contributed by atoms with Gasteiger partial charge in [-0.2, -0.15) is 10.4 Å². The predicted octanol–water partition coefficient (Wildman–Crippen LogP) is 2.50. The second-order valence-corrected chi connectivity index (χ2v) is 8.95. The summed E-state index contributed by atoms with van der Waals surface area (Å²) < 4.78 is 16.5. The predicted molar refractivity (Wildman–Crippen MR) is 110 cm³/mol. The monoisotopic (exact) mass is 407 g/mol. The van der Waals surface area contributed by atoms with E-state index < -0.39 is 6.04 Å². The minimum absolute atomic E-state index is 0.129. The number of carbonyl (C=O) groups is 1. The van der Waals surface area contributed by atoms with Crippen molar-refractivity contribution >= 4 is 5.91 Å². The molecule has 5 rings (SSSR count). The molecule has 2 saturated carbocycles. The molecule has 156 valence electrons. The van der Waals surface area contributed by atoms with Crippen LogP contribution in [0.25, 0.3) is 11.1 Å². The number of amides is 1. The number of hydrogen-bond donors (Lipinski definition) is 2. The molecule has 2 N–H and O–H groups in total. The molecule has 1 aromatic heterocycles. The Bertz CT molecular complexity index is 1020. The van der Waals surface area contributed by atoms with Gasteiger partial charge in [0.15, 0.2) is 0 Å². The Morgan fingerprint density at radius 3 is 2.93 bits per heavy atom. The van der Waals surface area contributed by atoms with Crippen LogP contribution in [0.15, 0.2) is 30.6 Å². The number of nitrogens with one attached hydrogen (secondary N) is 2. The second kappa shape index (κ2) is 7.21. The fourth-order valence-electron chi connectivity index (χ4n) is 5.79. The van der Waals surface area contributed by atoms with Gasteiger partial charge in [-0.3, -0.25) is 9.48 Å². The molecule has 1 saturated heterocycles. The highest BCUT2D eigenvalue weighted by atomic mass is 19.1. The minimum atomic E-state index is -0.756. The highest BCUT2D eigenvalue weighted by molar-refractivity contribution is 5.83. The van der Waals surface area contributed by atoms with Crippen molar-refractivity contribution in [2.45, 2.75) is 51.4 Å². The number of aryl methyl sites for hydroxylation is 1. The first-order valence-corrected chi connectivity index (χ1v) is 10.8. The summed E-state index contributed by atoms with van der Waals surface area (Å²) in [7, 11) is 0. The zero-order valence-corrected chi connectivity index (χ0v) is 17.2. The van der Waals surface area contributed by atoms with E-state index in [4.69, 9.17) is 0 Å². The first-order valence-electron chi connectivity index (χ1n) is 10.8. The lowest BCUT2D eigenvalue weighted by Gasteiger charge is -2.23. The zero-order chi connectivity index (χ0) is 21.0. The summed E-state index contributed by atoms with van der Waals surface area (Å²) >= 11 is 0. The van der Waals surface area contributed by atoms with Crippen LogP contribution in [0.3, 0.4) is 0 Å². The van der Waals surface area contributed by atoms with Gasteiger partial charge in [-0.25, -0.2) is 4.39 Å². The van der Waals surface area contributed by atoms with Crippen molar-refractivity contribution in [2.24, 2.45) is 23.7 Å². The molecule has 1 aromatic carbocycles. The average Bonchev–Trinajstić information content (AvgIpc) is 3.18.